The number of carbonyl (C=O) groups is 1. The molecule has 1 amide bonds. The molecule has 0 aliphatic rings. The van der Waals surface area contributed by atoms with Gasteiger partial charge in [-0.2, -0.15) is 0 Å². The van der Waals surface area contributed by atoms with Gasteiger partial charge in [-0.05, 0) is 54.8 Å². The molecule has 3 aromatic carbocycles. The molecule has 4 aromatic rings. The number of fused-ring (bicyclic) bond motifs is 1. The molecule has 0 atom stereocenters. The highest BCUT2D eigenvalue weighted by atomic mass is 35.5. The van der Waals surface area contributed by atoms with Crippen molar-refractivity contribution in [3.63, 3.8) is 0 Å². The number of allylic oxidation sites excluding steroid dienone is 1. The fraction of sp³-hybridized carbons (Fsp3) is 0.0400. The first-order valence-electron chi connectivity index (χ1n) is 9.59. The predicted octanol–water partition coefficient (Wildman–Crippen LogP) is 7.41. The Kier molecular flexibility index (Phi) is 5.94. The van der Waals surface area contributed by atoms with E-state index in [-0.39, 0.29) is 5.91 Å². The van der Waals surface area contributed by atoms with Gasteiger partial charge >= 0.3 is 0 Å². The van der Waals surface area contributed by atoms with Gasteiger partial charge in [-0.3, -0.25) is 9.78 Å². The van der Waals surface area contributed by atoms with Crippen molar-refractivity contribution in [2.24, 2.45) is 0 Å². The second-order valence-corrected chi connectivity index (χ2v) is 7.94. The molecule has 0 saturated carbocycles. The number of anilines is 2. The van der Waals surface area contributed by atoms with Crippen LogP contribution in [0.1, 0.15) is 17.3 Å². The second kappa shape index (κ2) is 8.80. The SMILES string of the molecule is C=C(C)Nc1ccc(C(=O)Nc2ccc(Cl)c(-c3nccc4ccccc34)c2)c(Cl)c1. The van der Waals surface area contributed by atoms with Gasteiger partial charge in [0, 0.05) is 34.2 Å². The van der Waals surface area contributed by atoms with Crippen molar-refractivity contribution in [1.82, 2.24) is 4.98 Å². The molecule has 2 N–H and O–H groups in total. The van der Waals surface area contributed by atoms with Crippen LogP contribution in [0.2, 0.25) is 10.0 Å². The zero-order valence-electron chi connectivity index (χ0n) is 16.7. The van der Waals surface area contributed by atoms with E-state index in [0.29, 0.717) is 21.3 Å². The molecule has 0 spiro atoms. The average Bonchev–Trinajstić information content (AvgIpc) is 2.74. The third-order valence-corrected chi connectivity index (χ3v) is 5.37. The van der Waals surface area contributed by atoms with Gasteiger partial charge in [0.15, 0.2) is 0 Å². The van der Waals surface area contributed by atoms with Crippen molar-refractivity contribution in [2.75, 3.05) is 10.6 Å². The fourth-order valence-electron chi connectivity index (χ4n) is 3.34. The molecule has 1 heterocycles. The van der Waals surface area contributed by atoms with Crippen LogP contribution in [0.25, 0.3) is 22.0 Å². The molecule has 0 saturated heterocycles. The number of nitrogens with zero attached hydrogens (tertiary/aromatic N) is 1. The van der Waals surface area contributed by atoms with Crippen LogP contribution in [0.5, 0.6) is 0 Å². The summed E-state index contributed by atoms with van der Waals surface area (Å²) in [5.74, 6) is -0.314. The number of benzene rings is 3. The Bertz CT molecular complexity index is 1310. The van der Waals surface area contributed by atoms with Crippen molar-refractivity contribution >= 4 is 51.3 Å². The first-order chi connectivity index (χ1) is 14.9. The summed E-state index contributed by atoms with van der Waals surface area (Å²) in [5.41, 5.74) is 4.01. The van der Waals surface area contributed by atoms with Gasteiger partial charge in [0.25, 0.3) is 5.91 Å². The summed E-state index contributed by atoms with van der Waals surface area (Å²) in [4.78, 5) is 17.4. The highest BCUT2D eigenvalue weighted by Crippen LogP contribution is 2.34. The zero-order chi connectivity index (χ0) is 22.0. The monoisotopic (exact) mass is 447 g/mol. The number of rotatable bonds is 5. The number of nitrogens with one attached hydrogen (secondary N) is 2. The molecule has 31 heavy (non-hydrogen) atoms. The highest BCUT2D eigenvalue weighted by molar-refractivity contribution is 6.35. The average molecular weight is 448 g/mol. The smallest absolute Gasteiger partial charge is 0.257 e. The first-order valence-corrected chi connectivity index (χ1v) is 10.3. The molecule has 0 bridgehead atoms. The van der Waals surface area contributed by atoms with E-state index in [1.165, 1.54) is 0 Å². The van der Waals surface area contributed by atoms with Crippen molar-refractivity contribution in [2.45, 2.75) is 6.92 Å². The minimum absolute atomic E-state index is 0.314. The maximum atomic E-state index is 12.8. The van der Waals surface area contributed by atoms with E-state index in [4.69, 9.17) is 23.2 Å². The van der Waals surface area contributed by atoms with Crippen molar-refractivity contribution in [1.29, 1.82) is 0 Å². The van der Waals surface area contributed by atoms with Crippen LogP contribution in [0.3, 0.4) is 0 Å². The van der Waals surface area contributed by atoms with E-state index in [9.17, 15) is 4.79 Å². The van der Waals surface area contributed by atoms with E-state index in [0.717, 1.165) is 33.4 Å². The maximum absolute atomic E-state index is 12.8. The summed E-state index contributed by atoms with van der Waals surface area (Å²) in [6.07, 6.45) is 1.75. The van der Waals surface area contributed by atoms with Crippen LogP contribution >= 0.6 is 23.2 Å². The van der Waals surface area contributed by atoms with Gasteiger partial charge < -0.3 is 10.6 Å². The zero-order valence-corrected chi connectivity index (χ0v) is 18.3. The molecule has 0 aliphatic carbocycles. The molecule has 0 unspecified atom stereocenters. The molecule has 1 aromatic heterocycles. The Morgan fingerprint density at radius 2 is 1.65 bits per heavy atom. The summed E-state index contributed by atoms with van der Waals surface area (Å²) >= 11 is 12.8. The lowest BCUT2D eigenvalue weighted by Crippen LogP contribution is -2.12. The van der Waals surface area contributed by atoms with Crippen molar-refractivity contribution in [3.05, 3.63) is 101 Å². The highest BCUT2D eigenvalue weighted by Gasteiger charge is 2.14. The van der Waals surface area contributed by atoms with E-state index < -0.39 is 0 Å². The normalized spacial score (nSPS) is 10.7. The van der Waals surface area contributed by atoms with Crippen LogP contribution < -0.4 is 10.6 Å². The standard InChI is InChI=1S/C25H19Cl2N3O/c1-15(2)29-18-7-9-20(23(27)14-18)25(31)30-17-8-10-22(26)21(13-17)24-19-6-4-3-5-16(19)11-12-28-24/h3-14,29H,1H2,2H3,(H,30,31). The van der Waals surface area contributed by atoms with Gasteiger partial charge in [0.1, 0.15) is 0 Å². The Balaban J connectivity index is 1.65. The molecular weight excluding hydrogens is 429 g/mol. The number of pyridine rings is 1. The third kappa shape index (κ3) is 4.55. The van der Waals surface area contributed by atoms with Crippen LogP contribution in [0.15, 0.2) is 85.2 Å². The minimum Gasteiger partial charge on any atom is -0.360 e. The minimum atomic E-state index is -0.314. The lowest BCUT2D eigenvalue weighted by Gasteiger charge is -2.12. The predicted molar refractivity (Wildman–Crippen MR) is 130 cm³/mol. The van der Waals surface area contributed by atoms with E-state index in [1.807, 2.05) is 43.3 Å². The summed E-state index contributed by atoms with van der Waals surface area (Å²) in [5, 5.41) is 8.91. The molecule has 0 aliphatic heterocycles. The van der Waals surface area contributed by atoms with Gasteiger partial charge in [0.05, 0.1) is 21.3 Å². The first kappa shape index (κ1) is 20.9. The lowest BCUT2D eigenvalue weighted by atomic mass is 10.0. The van der Waals surface area contributed by atoms with E-state index >= 15 is 0 Å². The molecular formula is C25H19Cl2N3O. The van der Waals surface area contributed by atoms with E-state index in [2.05, 4.69) is 22.2 Å². The van der Waals surface area contributed by atoms with Gasteiger partial charge in [-0.15, -0.1) is 0 Å². The van der Waals surface area contributed by atoms with Gasteiger partial charge in [0.2, 0.25) is 0 Å². The Morgan fingerprint density at radius 3 is 2.42 bits per heavy atom. The number of aromatic nitrogens is 1. The number of hydrogen-bond donors (Lipinski definition) is 2. The largest absolute Gasteiger partial charge is 0.360 e. The number of hydrogen-bond acceptors (Lipinski definition) is 3. The number of amides is 1. The van der Waals surface area contributed by atoms with Crippen molar-refractivity contribution < 1.29 is 4.79 Å². The van der Waals surface area contributed by atoms with Gasteiger partial charge in [-0.25, -0.2) is 0 Å². The third-order valence-electron chi connectivity index (χ3n) is 4.72. The topological polar surface area (TPSA) is 54.0 Å². The van der Waals surface area contributed by atoms with Crippen LogP contribution in [0, 0.1) is 0 Å². The van der Waals surface area contributed by atoms with E-state index in [1.54, 1.807) is 36.5 Å². The maximum Gasteiger partial charge on any atom is 0.257 e. The molecule has 4 rings (SSSR count). The molecule has 6 heteroatoms. The molecule has 0 fully saturated rings. The fourth-order valence-corrected chi connectivity index (χ4v) is 3.81. The van der Waals surface area contributed by atoms with Crippen LogP contribution in [-0.4, -0.2) is 10.9 Å². The molecule has 0 radical (unpaired) electrons. The Hall–Kier alpha value is -3.34. The number of carbonyl (C=O) groups excluding carboxylic acids is 1. The second-order valence-electron chi connectivity index (χ2n) is 7.13. The van der Waals surface area contributed by atoms with Crippen LogP contribution in [0.4, 0.5) is 11.4 Å². The summed E-state index contributed by atoms with van der Waals surface area (Å²) < 4.78 is 0. The number of halogens is 2. The summed E-state index contributed by atoms with van der Waals surface area (Å²) in [6.45, 7) is 5.65. The summed E-state index contributed by atoms with van der Waals surface area (Å²) in [6, 6.07) is 20.4. The Labute approximate surface area is 190 Å². The van der Waals surface area contributed by atoms with Crippen molar-refractivity contribution in [3.8, 4) is 11.3 Å². The molecule has 154 valence electrons. The van der Waals surface area contributed by atoms with Crippen LogP contribution in [-0.2, 0) is 0 Å². The van der Waals surface area contributed by atoms with Gasteiger partial charge in [-0.1, -0.05) is 54.0 Å². The Morgan fingerprint density at radius 1 is 0.903 bits per heavy atom. The summed E-state index contributed by atoms with van der Waals surface area (Å²) in [7, 11) is 0. The molecule has 4 nitrogen and oxygen atoms in total. The quantitative estimate of drug-likeness (QED) is 0.334. The lowest BCUT2D eigenvalue weighted by molar-refractivity contribution is 0.102.